The van der Waals surface area contributed by atoms with E-state index in [1.807, 2.05) is 42.6 Å². The molecule has 7 rings (SSSR count). The van der Waals surface area contributed by atoms with Crippen LogP contribution in [0.1, 0.15) is 55.2 Å². The van der Waals surface area contributed by atoms with E-state index in [-0.39, 0.29) is 42.0 Å². The smallest absolute Gasteiger partial charge is 0.128 e. The summed E-state index contributed by atoms with van der Waals surface area (Å²) in [6.45, 7) is 2.14. The number of phenolic OH excluding ortho intramolecular Hbond substituents is 1. The van der Waals surface area contributed by atoms with Gasteiger partial charge in [0.25, 0.3) is 0 Å². The molecule has 0 radical (unpaired) electrons. The summed E-state index contributed by atoms with van der Waals surface area (Å²) in [4.78, 5) is 4.88. The first-order chi connectivity index (χ1) is 16.5. The summed E-state index contributed by atoms with van der Waals surface area (Å²) >= 11 is 0. The van der Waals surface area contributed by atoms with Gasteiger partial charge in [0.1, 0.15) is 11.5 Å². The predicted octanol–water partition coefficient (Wildman–Crippen LogP) is 8.49. The average molecular weight is 530 g/mol. The van der Waals surface area contributed by atoms with Gasteiger partial charge >= 0.3 is 0 Å². The molecular weight excluding hydrogens is 490 g/mol. The van der Waals surface area contributed by atoms with Crippen molar-refractivity contribution >= 4 is 11.9 Å². The first-order valence-corrected chi connectivity index (χ1v) is 12.7. The Morgan fingerprint density at radius 3 is 2.08 bits per heavy atom. The van der Waals surface area contributed by atoms with E-state index in [0.717, 1.165) is 45.9 Å². The molecule has 3 aromatic rings. The van der Waals surface area contributed by atoms with Crippen molar-refractivity contribution < 1.29 is 31.6 Å². The predicted molar refractivity (Wildman–Crippen MR) is 151 cm³/mol. The Morgan fingerprint density at radius 1 is 0.892 bits per heavy atom. The quantitative estimate of drug-likeness (QED) is 0.205. The van der Waals surface area contributed by atoms with Crippen LogP contribution in [-0.2, 0) is 27.1 Å². The van der Waals surface area contributed by atoms with Crippen molar-refractivity contribution in [1.29, 1.82) is 0 Å². The number of aryl methyl sites for hydroxylation is 1. The summed E-state index contributed by atoms with van der Waals surface area (Å²) in [6, 6.07) is 20.5. The standard InChI is InChI=1S/C31H33NO2.2CH3.Ti/c1-20-11-24(19-32-28-9-5-3-7-25(28)26-8-4-6-10-29(26)34-2)30(33)27(12-20)31-16-21-13-22(17-31)15-23(14-21)18-31;;;/h3-12,19,21-23,33H,13-18H2,1-2H3;2*1H3;/q;-1;+1;. The van der Waals surface area contributed by atoms with Crippen LogP contribution in [0, 0.1) is 39.5 Å². The second-order valence-corrected chi connectivity index (χ2v) is 10.9. The van der Waals surface area contributed by atoms with Crippen LogP contribution < -0.4 is 4.74 Å². The maximum absolute atomic E-state index is 11.5. The molecule has 0 heterocycles. The van der Waals surface area contributed by atoms with E-state index in [0.29, 0.717) is 5.75 Å². The Kier molecular flexibility index (Phi) is 9.03. The Labute approximate surface area is 238 Å². The molecule has 3 nitrogen and oxygen atoms in total. The van der Waals surface area contributed by atoms with Crippen LogP contribution in [0.25, 0.3) is 11.1 Å². The van der Waals surface area contributed by atoms with Gasteiger partial charge in [-0.3, -0.25) is 4.99 Å². The third-order valence-electron chi connectivity index (χ3n) is 8.54. The summed E-state index contributed by atoms with van der Waals surface area (Å²) in [5, 5.41) is 11.5. The first kappa shape index (κ1) is 29.1. The Bertz CT molecular complexity index is 1230. The molecule has 4 bridgehead atoms. The molecule has 0 saturated heterocycles. The molecule has 0 spiro atoms. The molecule has 4 aliphatic rings. The normalized spacial score (nSPS) is 25.2. The second-order valence-electron chi connectivity index (χ2n) is 10.9. The molecule has 0 amide bonds. The molecule has 4 saturated carbocycles. The minimum absolute atomic E-state index is 0. The molecule has 0 aliphatic heterocycles. The molecule has 4 aliphatic carbocycles. The van der Waals surface area contributed by atoms with Gasteiger partial charge in [-0.1, -0.05) is 42.5 Å². The SMILES string of the molecule is COc1ccccc1-c1ccccc1N=Cc1cc(C)cc(C23CC4CC(CC(C4)C2)C3)c1O.[CH3+].[CH3-].[Ti]. The van der Waals surface area contributed by atoms with Gasteiger partial charge in [0.05, 0.1) is 12.8 Å². The molecular formula is C33H39NO2Ti. The largest absolute Gasteiger partial charge is 0.507 e. The first-order valence-electron chi connectivity index (χ1n) is 12.7. The Balaban J connectivity index is 0.00000127. The number of benzene rings is 3. The summed E-state index contributed by atoms with van der Waals surface area (Å²) in [7, 11) is 1.70. The van der Waals surface area contributed by atoms with E-state index in [4.69, 9.17) is 9.73 Å². The van der Waals surface area contributed by atoms with E-state index in [2.05, 4.69) is 31.2 Å². The van der Waals surface area contributed by atoms with Gasteiger partial charge < -0.3 is 17.3 Å². The van der Waals surface area contributed by atoms with Crippen molar-refractivity contribution in [2.24, 2.45) is 22.7 Å². The van der Waals surface area contributed by atoms with E-state index < -0.39 is 0 Å². The number of hydrogen-bond acceptors (Lipinski definition) is 3. The fourth-order valence-corrected chi connectivity index (χ4v) is 7.57. The third-order valence-corrected chi connectivity index (χ3v) is 8.54. The summed E-state index contributed by atoms with van der Waals surface area (Å²) < 4.78 is 5.59. The van der Waals surface area contributed by atoms with Gasteiger partial charge in [-0.05, 0) is 92.4 Å². The van der Waals surface area contributed by atoms with Crippen molar-refractivity contribution in [3.63, 3.8) is 0 Å². The van der Waals surface area contributed by atoms with E-state index >= 15 is 0 Å². The van der Waals surface area contributed by atoms with Crippen molar-refractivity contribution in [3.05, 3.63) is 92.2 Å². The monoisotopic (exact) mass is 529 g/mol. The fraction of sp³-hybridized carbons (Fsp3) is 0.364. The van der Waals surface area contributed by atoms with Crippen molar-refractivity contribution in [2.75, 3.05) is 7.11 Å². The molecule has 0 aromatic heterocycles. The van der Waals surface area contributed by atoms with Gasteiger partial charge in [-0.2, -0.15) is 0 Å². The fourth-order valence-electron chi connectivity index (χ4n) is 7.57. The minimum Gasteiger partial charge on any atom is -0.507 e. The van der Waals surface area contributed by atoms with Gasteiger partial charge in [0, 0.05) is 57.6 Å². The van der Waals surface area contributed by atoms with Crippen molar-refractivity contribution in [2.45, 2.75) is 50.9 Å². The summed E-state index contributed by atoms with van der Waals surface area (Å²) in [6.07, 6.45) is 9.77. The molecule has 3 aromatic carbocycles. The number of aliphatic imine (C=N–C) groups is 1. The third kappa shape index (κ3) is 5.26. The molecule has 4 heteroatoms. The number of ether oxygens (including phenoxy) is 1. The van der Waals surface area contributed by atoms with Crippen molar-refractivity contribution in [1.82, 2.24) is 0 Å². The van der Waals surface area contributed by atoms with Crippen molar-refractivity contribution in [3.8, 4) is 22.6 Å². The zero-order chi connectivity index (χ0) is 23.3. The molecule has 0 unspecified atom stereocenters. The summed E-state index contributed by atoms with van der Waals surface area (Å²) in [5.41, 5.74) is 6.24. The van der Waals surface area contributed by atoms with Crippen LogP contribution >= 0.6 is 0 Å². The summed E-state index contributed by atoms with van der Waals surface area (Å²) in [5.74, 6) is 3.79. The van der Waals surface area contributed by atoms with Crippen LogP contribution in [0.5, 0.6) is 11.5 Å². The molecule has 1 N–H and O–H groups in total. The van der Waals surface area contributed by atoms with Gasteiger partial charge in [-0.15, -0.1) is 0 Å². The minimum atomic E-state index is 0. The van der Waals surface area contributed by atoms with E-state index in [1.165, 1.54) is 49.7 Å². The second kappa shape index (κ2) is 11.5. The number of phenols is 1. The number of rotatable bonds is 5. The molecule has 192 valence electrons. The molecule has 0 atom stereocenters. The Morgan fingerprint density at radius 2 is 1.46 bits per heavy atom. The number of methoxy groups -OCH3 is 1. The van der Waals surface area contributed by atoms with Gasteiger partial charge in [0.15, 0.2) is 0 Å². The van der Waals surface area contributed by atoms with E-state index in [1.54, 1.807) is 7.11 Å². The number of aromatic hydroxyl groups is 1. The van der Waals surface area contributed by atoms with Crippen LogP contribution in [0.15, 0.2) is 65.7 Å². The maximum Gasteiger partial charge on any atom is 0.128 e. The average Bonchev–Trinajstić information content (AvgIpc) is 2.83. The zero-order valence-corrected chi connectivity index (χ0v) is 24.2. The number of para-hydroxylation sites is 2. The number of nitrogens with zero attached hydrogens (tertiary/aromatic N) is 1. The Hall–Kier alpha value is -2.49. The van der Waals surface area contributed by atoms with Crippen LogP contribution in [0.4, 0.5) is 5.69 Å². The molecule has 37 heavy (non-hydrogen) atoms. The van der Waals surface area contributed by atoms with Gasteiger partial charge in [0.2, 0.25) is 0 Å². The zero-order valence-electron chi connectivity index (χ0n) is 22.6. The maximum atomic E-state index is 11.5. The topological polar surface area (TPSA) is 41.8 Å². The van der Waals surface area contributed by atoms with Crippen LogP contribution in [0.3, 0.4) is 0 Å². The van der Waals surface area contributed by atoms with Crippen LogP contribution in [0.2, 0.25) is 0 Å². The number of hydrogen-bond donors (Lipinski definition) is 1. The molecule has 4 fully saturated rings. The van der Waals surface area contributed by atoms with Crippen LogP contribution in [-0.4, -0.2) is 18.4 Å². The van der Waals surface area contributed by atoms with E-state index in [9.17, 15) is 5.11 Å². The van der Waals surface area contributed by atoms with Gasteiger partial charge in [-0.25, -0.2) is 0 Å².